The fourth-order valence-electron chi connectivity index (χ4n) is 7.77. The van der Waals surface area contributed by atoms with Gasteiger partial charge in [-0.15, -0.1) is 0 Å². The zero-order valence-corrected chi connectivity index (χ0v) is 28.4. The van der Waals surface area contributed by atoms with Gasteiger partial charge in [-0.05, 0) is 41.5 Å². The Kier molecular flexibility index (Phi) is 6.48. The van der Waals surface area contributed by atoms with Crippen molar-refractivity contribution in [1.29, 1.82) is 0 Å². The highest BCUT2D eigenvalue weighted by Crippen LogP contribution is 2.47. The number of hydrogen-bond donors (Lipinski definition) is 0. The summed E-state index contributed by atoms with van der Waals surface area (Å²) in [6.45, 7) is 0. The van der Waals surface area contributed by atoms with Gasteiger partial charge in [-0.3, -0.25) is 4.90 Å². The summed E-state index contributed by atoms with van der Waals surface area (Å²) in [7, 11) is 0. The molecule has 1 aliphatic heterocycles. The van der Waals surface area contributed by atoms with E-state index in [1.54, 1.807) is 0 Å². The minimum Gasteiger partial charge on any atom is -0.545 e. The highest BCUT2D eigenvalue weighted by atomic mass is 16.3. The molecule has 0 spiro atoms. The van der Waals surface area contributed by atoms with Crippen LogP contribution >= 0.6 is 0 Å². The smallest absolute Gasteiger partial charge is 0.269 e. The van der Waals surface area contributed by atoms with Crippen molar-refractivity contribution in [1.82, 2.24) is 9.97 Å². The molecule has 0 atom stereocenters. The van der Waals surface area contributed by atoms with E-state index in [1.807, 2.05) is 54.6 Å². The van der Waals surface area contributed by atoms with E-state index < -0.39 is 0 Å². The molecule has 0 bridgehead atoms. The van der Waals surface area contributed by atoms with E-state index in [0.29, 0.717) is 5.82 Å². The number of anilines is 3. The summed E-state index contributed by atoms with van der Waals surface area (Å²) < 4.78 is 11.5. The lowest BCUT2D eigenvalue weighted by Crippen LogP contribution is -2.14. The van der Waals surface area contributed by atoms with Crippen molar-refractivity contribution < 1.29 is 8.83 Å². The van der Waals surface area contributed by atoms with Crippen LogP contribution < -0.4 is 4.90 Å². The third-order valence-electron chi connectivity index (χ3n) is 10.3. The molecule has 0 saturated carbocycles. The number of nitrogens with zero attached hydrogens (tertiary/aromatic N) is 3. The number of aromatic nitrogens is 2. The maximum atomic E-state index is 6.48. The van der Waals surface area contributed by atoms with Gasteiger partial charge in [0.15, 0.2) is 5.82 Å². The third-order valence-corrected chi connectivity index (χ3v) is 10.3. The van der Waals surface area contributed by atoms with Crippen molar-refractivity contribution >= 4 is 73.2 Å². The fourth-order valence-corrected chi connectivity index (χ4v) is 7.77. The summed E-state index contributed by atoms with van der Waals surface area (Å²) in [4.78, 5) is 12.7. The lowest BCUT2D eigenvalue weighted by atomic mass is 9.99. The highest BCUT2D eigenvalue weighted by Gasteiger charge is 2.27. The SMILES string of the molecule is C1=Cc2cc3[oH+]c4ccccc4c3cc2N(c2cc(-c3ccccc3)nc(-c3ccccc3)n2)c2ccc(-c3cccc4c3oc3ccccc34)cc21. The molecule has 0 unspecified atom stereocenters. The lowest BCUT2D eigenvalue weighted by molar-refractivity contribution is 0.668. The van der Waals surface area contributed by atoms with Crippen LogP contribution in [0.1, 0.15) is 11.1 Å². The van der Waals surface area contributed by atoms with Crippen molar-refractivity contribution in [3.05, 3.63) is 175 Å². The molecule has 0 aliphatic carbocycles. The molecule has 5 nitrogen and oxygen atoms in total. The first-order valence-corrected chi connectivity index (χ1v) is 17.8. The van der Waals surface area contributed by atoms with E-state index in [0.717, 1.165) is 100 Å². The van der Waals surface area contributed by atoms with Crippen LogP contribution in [-0.2, 0) is 0 Å². The number of hydrogen-bond acceptors (Lipinski definition) is 4. The summed E-state index contributed by atoms with van der Waals surface area (Å²) in [5.74, 6) is 1.44. The minimum absolute atomic E-state index is 0.664. The van der Waals surface area contributed by atoms with E-state index in [-0.39, 0.29) is 0 Å². The molecule has 11 rings (SSSR count). The van der Waals surface area contributed by atoms with Crippen molar-refractivity contribution in [3.8, 4) is 33.8 Å². The first kappa shape index (κ1) is 29.5. The second-order valence-electron chi connectivity index (χ2n) is 13.4. The summed E-state index contributed by atoms with van der Waals surface area (Å²) in [6, 6.07) is 56.8. The third kappa shape index (κ3) is 4.79. The van der Waals surface area contributed by atoms with Gasteiger partial charge in [-0.25, -0.2) is 9.97 Å². The zero-order valence-electron chi connectivity index (χ0n) is 28.4. The Hall–Kier alpha value is -7.24. The molecule has 1 N–H and O–H groups in total. The van der Waals surface area contributed by atoms with Crippen molar-refractivity contribution in [2.24, 2.45) is 0 Å². The Morgan fingerprint density at radius 1 is 0.472 bits per heavy atom. The Morgan fingerprint density at radius 3 is 2.04 bits per heavy atom. The molecule has 248 valence electrons. The van der Waals surface area contributed by atoms with Crippen molar-refractivity contribution in [2.75, 3.05) is 4.90 Å². The molecule has 0 amide bonds. The molecule has 0 radical (unpaired) electrons. The van der Waals surface area contributed by atoms with E-state index in [9.17, 15) is 0 Å². The molecule has 1 aliphatic rings. The standard InChI is InChI=1S/C48H29N3O2/c1-3-12-30(13-4-1)40-29-46(50-48(49-40)31-14-5-2-6-15-31)51-41-25-24-32(35-18-11-19-38-36-16-7-10-21-44(36)53-47(35)38)26-33(41)22-23-34-27-45-39(28-42(34)51)37-17-8-9-20-43(37)52-45/h1-29H/p+1. The molecule has 10 aromatic rings. The quantitative estimate of drug-likeness (QED) is 0.174. The van der Waals surface area contributed by atoms with E-state index in [4.69, 9.17) is 18.8 Å². The maximum absolute atomic E-state index is 6.48. The average Bonchev–Trinajstić information content (AvgIpc) is 3.74. The van der Waals surface area contributed by atoms with Gasteiger partial charge in [0, 0.05) is 51.2 Å². The van der Waals surface area contributed by atoms with E-state index in [2.05, 4.69) is 126 Å². The van der Waals surface area contributed by atoms with Crippen molar-refractivity contribution in [3.63, 3.8) is 0 Å². The summed E-state index contributed by atoms with van der Waals surface area (Å²) >= 11 is 0. The number of furan rings is 2. The van der Waals surface area contributed by atoms with Gasteiger partial charge in [-0.2, -0.15) is 0 Å². The number of benzene rings is 7. The average molecular weight is 681 g/mol. The van der Waals surface area contributed by atoms with E-state index in [1.165, 1.54) is 0 Å². The molecule has 0 fully saturated rings. The number of fused-ring (bicyclic) bond motifs is 8. The monoisotopic (exact) mass is 680 g/mol. The Morgan fingerprint density at radius 2 is 1.19 bits per heavy atom. The molecule has 4 heterocycles. The lowest BCUT2D eigenvalue weighted by Gasteiger charge is -2.27. The fraction of sp³-hybridized carbons (Fsp3) is 0. The van der Waals surface area contributed by atoms with Gasteiger partial charge in [0.2, 0.25) is 0 Å². The maximum Gasteiger partial charge on any atom is 0.269 e. The van der Waals surface area contributed by atoms with Crippen LogP contribution in [0.25, 0.3) is 89.8 Å². The van der Waals surface area contributed by atoms with Gasteiger partial charge in [-0.1, -0.05) is 127 Å². The largest absolute Gasteiger partial charge is 0.545 e. The second kappa shape index (κ2) is 11.7. The molecule has 53 heavy (non-hydrogen) atoms. The molecular weight excluding hydrogens is 651 g/mol. The van der Waals surface area contributed by atoms with Gasteiger partial charge in [0.05, 0.1) is 27.8 Å². The molecule has 5 heteroatoms. The van der Waals surface area contributed by atoms with Crippen LogP contribution in [0, 0.1) is 0 Å². The number of para-hydroxylation sites is 3. The predicted molar refractivity (Wildman–Crippen MR) is 218 cm³/mol. The van der Waals surface area contributed by atoms with Crippen LogP contribution in [-0.4, -0.2) is 9.97 Å². The van der Waals surface area contributed by atoms with Gasteiger partial charge < -0.3 is 8.83 Å². The molecule has 7 aromatic carbocycles. The van der Waals surface area contributed by atoms with Gasteiger partial charge in [0.25, 0.3) is 11.2 Å². The van der Waals surface area contributed by atoms with Crippen molar-refractivity contribution in [2.45, 2.75) is 0 Å². The second-order valence-corrected chi connectivity index (χ2v) is 13.4. The Bertz CT molecular complexity index is 3010. The van der Waals surface area contributed by atoms with Crippen LogP contribution in [0.5, 0.6) is 0 Å². The zero-order chi connectivity index (χ0) is 34.9. The predicted octanol–water partition coefficient (Wildman–Crippen LogP) is 13.3. The Labute approximate surface area is 304 Å². The van der Waals surface area contributed by atoms with Crippen LogP contribution in [0.3, 0.4) is 0 Å². The minimum atomic E-state index is 0.664. The van der Waals surface area contributed by atoms with Crippen LogP contribution in [0.15, 0.2) is 173 Å². The molecule has 3 aromatic heterocycles. The first-order valence-electron chi connectivity index (χ1n) is 17.8. The Balaban J connectivity index is 1.17. The topological polar surface area (TPSA) is 55.0 Å². The summed E-state index contributed by atoms with van der Waals surface area (Å²) in [5, 5.41) is 4.47. The molecular formula is C48H30N3O2+. The summed E-state index contributed by atoms with van der Waals surface area (Å²) in [5.41, 5.74) is 12.8. The van der Waals surface area contributed by atoms with E-state index >= 15 is 0 Å². The first-order chi connectivity index (χ1) is 26.2. The number of rotatable bonds is 4. The van der Waals surface area contributed by atoms with Gasteiger partial charge in [0.1, 0.15) is 17.0 Å². The molecule has 0 saturated heterocycles. The normalized spacial score (nSPS) is 12.4. The van der Waals surface area contributed by atoms with Crippen LogP contribution in [0.2, 0.25) is 0 Å². The van der Waals surface area contributed by atoms with Crippen LogP contribution in [0.4, 0.5) is 17.2 Å². The highest BCUT2D eigenvalue weighted by molar-refractivity contribution is 6.11. The summed E-state index contributed by atoms with van der Waals surface area (Å²) in [6.07, 6.45) is 4.41. The van der Waals surface area contributed by atoms with Gasteiger partial charge >= 0.3 is 0 Å².